The molecule has 30 heavy (non-hydrogen) atoms. The lowest BCUT2D eigenvalue weighted by molar-refractivity contribution is -0.138. The van der Waals surface area contributed by atoms with Crippen LogP contribution in [-0.4, -0.2) is 24.8 Å². The summed E-state index contributed by atoms with van der Waals surface area (Å²) in [7, 11) is 1.26. The molecular formula is C23H20N4O3. The smallest absolute Gasteiger partial charge is 0.356 e. The van der Waals surface area contributed by atoms with Crippen LogP contribution in [0.3, 0.4) is 0 Å². The predicted molar refractivity (Wildman–Crippen MR) is 115 cm³/mol. The third-order valence-electron chi connectivity index (χ3n) is 5.00. The fourth-order valence-corrected chi connectivity index (χ4v) is 3.53. The molecule has 0 spiro atoms. The number of hydrogen-bond acceptors (Lipinski definition) is 5. The Kier molecular flexibility index (Phi) is 4.93. The molecule has 4 rings (SSSR count). The van der Waals surface area contributed by atoms with Gasteiger partial charge in [-0.05, 0) is 34.5 Å². The van der Waals surface area contributed by atoms with Crippen molar-refractivity contribution < 1.29 is 14.3 Å². The Bertz CT molecular complexity index is 1200. The fraction of sp³-hybridized carbons (Fsp3) is 0.0870. The van der Waals surface area contributed by atoms with Crippen LogP contribution in [0.2, 0.25) is 0 Å². The van der Waals surface area contributed by atoms with Crippen molar-refractivity contribution in [2.45, 2.75) is 6.04 Å². The number of amides is 1. The number of benzene rings is 3. The lowest BCUT2D eigenvalue weighted by Gasteiger charge is -2.34. The maximum atomic E-state index is 13.1. The van der Waals surface area contributed by atoms with Crippen molar-refractivity contribution in [1.82, 2.24) is 5.32 Å². The van der Waals surface area contributed by atoms with Crippen LogP contribution in [0, 0.1) is 5.41 Å². The van der Waals surface area contributed by atoms with Gasteiger partial charge in [0, 0.05) is 17.5 Å². The third-order valence-corrected chi connectivity index (χ3v) is 5.00. The molecule has 0 fully saturated rings. The summed E-state index contributed by atoms with van der Waals surface area (Å²) in [6.07, 6.45) is 1.55. The summed E-state index contributed by atoms with van der Waals surface area (Å²) in [5.41, 5.74) is 7.58. The van der Waals surface area contributed by atoms with Crippen LogP contribution in [0.1, 0.15) is 17.2 Å². The Morgan fingerprint density at radius 2 is 1.83 bits per heavy atom. The Balaban J connectivity index is 1.86. The summed E-state index contributed by atoms with van der Waals surface area (Å²) in [5, 5.41) is 12.4. The Morgan fingerprint density at radius 1 is 1.07 bits per heavy atom. The lowest BCUT2D eigenvalue weighted by atomic mass is 9.98. The third kappa shape index (κ3) is 3.48. The van der Waals surface area contributed by atoms with Crippen molar-refractivity contribution in [2.75, 3.05) is 12.0 Å². The van der Waals surface area contributed by atoms with E-state index in [-0.39, 0.29) is 17.4 Å². The number of amidine groups is 1. The molecule has 0 saturated heterocycles. The summed E-state index contributed by atoms with van der Waals surface area (Å²) in [6.45, 7) is 0. The number of anilines is 1. The first kappa shape index (κ1) is 19.2. The van der Waals surface area contributed by atoms with Crippen LogP contribution in [0.15, 0.2) is 78.6 Å². The van der Waals surface area contributed by atoms with E-state index in [0.29, 0.717) is 11.3 Å². The van der Waals surface area contributed by atoms with Crippen molar-refractivity contribution in [2.24, 2.45) is 5.73 Å². The number of rotatable bonds is 4. The van der Waals surface area contributed by atoms with E-state index in [1.807, 2.05) is 42.5 Å². The molecule has 1 aliphatic heterocycles. The Hall–Kier alpha value is -4.13. The minimum Gasteiger partial charge on any atom is -0.464 e. The van der Waals surface area contributed by atoms with Gasteiger partial charge in [0.05, 0.1) is 7.11 Å². The number of nitrogens with two attached hydrogens (primary N) is 1. The van der Waals surface area contributed by atoms with Gasteiger partial charge in [-0.2, -0.15) is 0 Å². The number of nitrogens with one attached hydrogen (secondary N) is 2. The minimum atomic E-state index is -0.717. The van der Waals surface area contributed by atoms with Crippen LogP contribution in [0.4, 0.5) is 5.69 Å². The van der Waals surface area contributed by atoms with Gasteiger partial charge in [0.25, 0.3) is 5.91 Å². The maximum Gasteiger partial charge on any atom is 0.356 e. The number of nitrogens with zero attached hydrogens (tertiary/aromatic N) is 1. The molecule has 0 aliphatic carbocycles. The van der Waals surface area contributed by atoms with Crippen LogP contribution >= 0.6 is 0 Å². The summed E-state index contributed by atoms with van der Waals surface area (Å²) in [4.78, 5) is 26.9. The van der Waals surface area contributed by atoms with Gasteiger partial charge in [-0.15, -0.1) is 0 Å². The van der Waals surface area contributed by atoms with E-state index < -0.39 is 12.0 Å². The van der Waals surface area contributed by atoms with Crippen LogP contribution < -0.4 is 16.0 Å². The van der Waals surface area contributed by atoms with Gasteiger partial charge in [0.1, 0.15) is 17.6 Å². The first-order chi connectivity index (χ1) is 14.5. The largest absolute Gasteiger partial charge is 0.464 e. The highest BCUT2D eigenvalue weighted by Crippen LogP contribution is 2.33. The molecule has 1 unspecified atom stereocenters. The number of fused-ring (bicyclic) bond motifs is 1. The van der Waals surface area contributed by atoms with E-state index in [1.54, 1.807) is 35.4 Å². The first-order valence-electron chi connectivity index (χ1n) is 9.30. The van der Waals surface area contributed by atoms with E-state index in [4.69, 9.17) is 15.9 Å². The van der Waals surface area contributed by atoms with Gasteiger partial charge < -0.3 is 20.7 Å². The number of ether oxygens (including phenoxy) is 1. The quantitative estimate of drug-likeness (QED) is 0.355. The minimum absolute atomic E-state index is 0.0350. The summed E-state index contributed by atoms with van der Waals surface area (Å²) >= 11 is 0. The summed E-state index contributed by atoms with van der Waals surface area (Å²) in [6, 6.07) is 19.9. The normalized spacial score (nSPS) is 16.0. The zero-order chi connectivity index (χ0) is 21.3. The monoisotopic (exact) mass is 400 g/mol. The number of esters is 1. The van der Waals surface area contributed by atoms with E-state index in [0.717, 1.165) is 16.3 Å². The molecule has 0 radical (unpaired) electrons. The van der Waals surface area contributed by atoms with Gasteiger partial charge >= 0.3 is 5.97 Å². The van der Waals surface area contributed by atoms with Crippen LogP contribution in [0.25, 0.3) is 10.8 Å². The molecule has 3 aromatic carbocycles. The highest BCUT2D eigenvalue weighted by atomic mass is 16.5. The molecule has 0 saturated carbocycles. The number of hydrogen-bond donors (Lipinski definition) is 3. The number of nitrogen functional groups attached to an aromatic ring is 1. The van der Waals surface area contributed by atoms with E-state index in [2.05, 4.69) is 5.32 Å². The second-order valence-corrected chi connectivity index (χ2v) is 6.90. The number of carbonyl (C=O) groups excluding carboxylic acids is 2. The summed E-state index contributed by atoms with van der Waals surface area (Å²) < 4.78 is 4.78. The van der Waals surface area contributed by atoms with Gasteiger partial charge in [0.15, 0.2) is 0 Å². The molecule has 150 valence electrons. The summed E-state index contributed by atoms with van der Waals surface area (Å²) in [5.74, 6) is -1.09. The second-order valence-electron chi connectivity index (χ2n) is 6.90. The molecule has 0 bridgehead atoms. The topological polar surface area (TPSA) is 109 Å². The molecule has 0 aromatic heterocycles. The van der Waals surface area contributed by atoms with E-state index in [9.17, 15) is 9.59 Å². The molecule has 7 heteroatoms. The molecule has 1 heterocycles. The highest BCUT2D eigenvalue weighted by Gasteiger charge is 2.34. The molecule has 1 aliphatic rings. The Morgan fingerprint density at radius 3 is 2.57 bits per heavy atom. The van der Waals surface area contributed by atoms with Crippen molar-refractivity contribution in [3.63, 3.8) is 0 Å². The van der Waals surface area contributed by atoms with E-state index >= 15 is 0 Å². The average Bonchev–Trinajstić information content (AvgIpc) is 2.77. The average molecular weight is 400 g/mol. The van der Waals surface area contributed by atoms with Gasteiger partial charge in [0.2, 0.25) is 0 Å². The second kappa shape index (κ2) is 7.71. The van der Waals surface area contributed by atoms with Crippen molar-refractivity contribution >= 4 is 34.2 Å². The SMILES string of the molecule is COC(=O)C1=CN(c2cccc(C(=N)N)c2)C(c2ccc3ccccc3c2)C(=O)N1. The molecule has 4 N–H and O–H groups in total. The molecule has 1 atom stereocenters. The first-order valence-corrected chi connectivity index (χ1v) is 9.30. The maximum absolute atomic E-state index is 13.1. The van der Waals surface area contributed by atoms with Crippen molar-refractivity contribution in [3.8, 4) is 0 Å². The predicted octanol–water partition coefficient (Wildman–Crippen LogP) is 2.82. The fourth-order valence-electron chi connectivity index (χ4n) is 3.53. The molecule has 7 nitrogen and oxygen atoms in total. The molecular weight excluding hydrogens is 380 g/mol. The van der Waals surface area contributed by atoms with Crippen molar-refractivity contribution in [1.29, 1.82) is 5.41 Å². The van der Waals surface area contributed by atoms with E-state index in [1.165, 1.54) is 7.11 Å². The van der Waals surface area contributed by atoms with Crippen LogP contribution in [0.5, 0.6) is 0 Å². The van der Waals surface area contributed by atoms with Gasteiger partial charge in [-0.1, -0.05) is 48.5 Å². The lowest BCUT2D eigenvalue weighted by Crippen LogP contribution is -2.45. The number of methoxy groups -OCH3 is 1. The van der Waals surface area contributed by atoms with Crippen LogP contribution in [-0.2, 0) is 14.3 Å². The zero-order valence-electron chi connectivity index (χ0n) is 16.3. The molecule has 3 aromatic rings. The van der Waals surface area contributed by atoms with Crippen molar-refractivity contribution in [3.05, 3.63) is 89.8 Å². The Labute approximate surface area is 173 Å². The molecule has 1 amide bonds. The van der Waals surface area contributed by atoms with Gasteiger partial charge in [-0.3, -0.25) is 10.2 Å². The highest BCUT2D eigenvalue weighted by molar-refractivity contribution is 6.01. The zero-order valence-corrected chi connectivity index (χ0v) is 16.3. The van der Waals surface area contributed by atoms with Gasteiger partial charge in [-0.25, -0.2) is 4.79 Å². The standard InChI is InChI=1S/C23H20N4O3/c1-30-23(29)19-13-27(18-8-4-7-17(12-18)21(24)25)20(22(28)26-19)16-10-9-14-5-2-3-6-15(14)11-16/h2-13,20H,1H3,(H3,24,25)(H,26,28). The number of carbonyl (C=O) groups is 2.